The number of nitro groups is 1. The maximum Gasteiger partial charge on any atom is 0.341 e. The van der Waals surface area contributed by atoms with E-state index in [4.69, 9.17) is 4.74 Å². The maximum atomic E-state index is 12.7. The largest absolute Gasteiger partial charge is 0.452 e. The van der Waals surface area contributed by atoms with Crippen LogP contribution in [0.2, 0.25) is 0 Å². The molecule has 1 amide bonds. The minimum Gasteiger partial charge on any atom is -0.452 e. The van der Waals surface area contributed by atoms with Gasteiger partial charge in [0.25, 0.3) is 11.6 Å². The van der Waals surface area contributed by atoms with Crippen molar-refractivity contribution in [3.05, 3.63) is 63.7 Å². The summed E-state index contributed by atoms with van der Waals surface area (Å²) in [6, 6.07) is 11.6. The fraction of sp³-hybridized carbons (Fsp3) is 0.391. The number of nitro benzene ring substituents is 1. The first-order valence-corrected chi connectivity index (χ1v) is 10.3. The molecule has 0 aromatic heterocycles. The molecule has 1 heterocycles. The Kier molecular flexibility index (Phi) is 6.58. The second-order valence-electron chi connectivity index (χ2n) is 8.57. The number of hydrogen-bond donors (Lipinski definition) is 1. The van der Waals surface area contributed by atoms with Crippen LogP contribution >= 0.6 is 0 Å². The number of benzene rings is 2. The smallest absolute Gasteiger partial charge is 0.341 e. The fourth-order valence-corrected chi connectivity index (χ4v) is 3.68. The highest BCUT2D eigenvalue weighted by molar-refractivity contribution is 5.99. The Morgan fingerprint density at radius 2 is 1.81 bits per heavy atom. The zero-order chi connectivity index (χ0) is 22.6. The predicted molar refractivity (Wildman–Crippen MR) is 119 cm³/mol. The van der Waals surface area contributed by atoms with Crippen LogP contribution in [0, 0.1) is 10.1 Å². The summed E-state index contributed by atoms with van der Waals surface area (Å²) >= 11 is 0. The molecule has 2 aromatic carbocycles. The molecule has 0 saturated carbocycles. The van der Waals surface area contributed by atoms with Crippen LogP contribution in [0.15, 0.2) is 42.5 Å². The van der Waals surface area contributed by atoms with Crippen molar-refractivity contribution in [3.8, 4) is 0 Å². The molecule has 1 fully saturated rings. The number of ether oxygens (including phenoxy) is 1. The van der Waals surface area contributed by atoms with Gasteiger partial charge in [-0.3, -0.25) is 14.9 Å². The van der Waals surface area contributed by atoms with E-state index in [2.05, 4.69) is 5.32 Å². The van der Waals surface area contributed by atoms with Gasteiger partial charge in [0.1, 0.15) is 0 Å². The lowest BCUT2D eigenvalue weighted by molar-refractivity contribution is -0.384. The highest BCUT2D eigenvalue weighted by atomic mass is 16.6. The summed E-state index contributed by atoms with van der Waals surface area (Å²) in [5, 5.41) is 14.0. The summed E-state index contributed by atoms with van der Waals surface area (Å²) in [6.45, 7) is 7.17. The molecule has 1 saturated heterocycles. The van der Waals surface area contributed by atoms with Crippen molar-refractivity contribution < 1.29 is 19.2 Å². The summed E-state index contributed by atoms with van der Waals surface area (Å²) < 4.78 is 5.22. The molecule has 3 rings (SSSR count). The Labute approximate surface area is 181 Å². The Balaban J connectivity index is 1.73. The molecule has 0 atom stereocenters. The monoisotopic (exact) mass is 425 g/mol. The van der Waals surface area contributed by atoms with Crippen molar-refractivity contribution in [2.24, 2.45) is 0 Å². The third-order valence-electron chi connectivity index (χ3n) is 5.20. The lowest BCUT2D eigenvalue weighted by Gasteiger charge is -2.23. The number of carbonyl (C=O) groups excluding carboxylic acids is 2. The summed E-state index contributed by atoms with van der Waals surface area (Å²) in [5.74, 6) is -1.23. The van der Waals surface area contributed by atoms with Crippen molar-refractivity contribution in [2.45, 2.75) is 39.0 Å². The van der Waals surface area contributed by atoms with E-state index in [-0.39, 0.29) is 16.7 Å². The maximum absolute atomic E-state index is 12.7. The molecule has 1 aliphatic heterocycles. The molecule has 8 nitrogen and oxygen atoms in total. The van der Waals surface area contributed by atoms with E-state index in [1.54, 1.807) is 12.1 Å². The van der Waals surface area contributed by atoms with E-state index >= 15 is 0 Å². The molecule has 164 valence electrons. The highest BCUT2D eigenvalue weighted by Gasteiger charge is 2.24. The van der Waals surface area contributed by atoms with E-state index in [9.17, 15) is 19.7 Å². The van der Waals surface area contributed by atoms with E-state index < -0.39 is 23.4 Å². The van der Waals surface area contributed by atoms with Crippen LogP contribution in [0.4, 0.5) is 17.1 Å². The lowest BCUT2D eigenvalue weighted by Crippen LogP contribution is -2.25. The lowest BCUT2D eigenvalue weighted by atomic mass is 9.86. The third kappa shape index (κ3) is 5.39. The molecule has 1 N–H and O–H groups in total. The number of non-ortho nitro benzene ring substituents is 1. The SMILES string of the molecule is CC(C)(C)c1ccccc1NC(=O)COC(=O)c1cc([N+](=O)[O-])ccc1N1CCCC1. The first-order chi connectivity index (χ1) is 14.7. The van der Waals surface area contributed by atoms with E-state index in [1.807, 2.05) is 43.9 Å². The van der Waals surface area contributed by atoms with Crippen molar-refractivity contribution in [2.75, 3.05) is 29.9 Å². The highest BCUT2D eigenvalue weighted by Crippen LogP contribution is 2.30. The molecular weight excluding hydrogens is 398 g/mol. The standard InChI is InChI=1S/C23H27N3O5/c1-23(2,3)18-8-4-5-9-19(18)24-21(27)15-31-22(28)17-14-16(26(29)30)10-11-20(17)25-12-6-7-13-25/h4-5,8-11,14H,6-7,12-13,15H2,1-3H3,(H,24,27). The second-order valence-corrected chi connectivity index (χ2v) is 8.57. The summed E-state index contributed by atoms with van der Waals surface area (Å²) in [7, 11) is 0. The van der Waals surface area contributed by atoms with Gasteiger partial charge in [-0.15, -0.1) is 0 Å². The number of rotatable bonds is 6. The van der Waals surface area contributed by atoms with Crippen LogP contribution < -0.4 is 10.2 Å². The summed E-state index contributed by atoms with van der Waals surface area (Å²) in [5.41, 5.74) is 1.94. The molecule has 31 heavy (non-hydrogen) atoms. The van der Waals surface area contributed by atoms with Crippen LogP contribution in [-0.2, 0) is 14.9 Å². The number of nitrogens with zero attached hydrogens (tertiary/aromatic N) is 2. The number of amides is 1. The van der Waals surface area contributed by atoms with Crippen LogP contribution in [0.3, 0.4) is 0 Å². The van der Waals surface area contributed by atoms with Crippen molar-refractivity contribution in [1.82, 2.24) is 0 Å². The van der Waals surface area contributed by atoms with Gasteiger partial charge in [0.15, 0.2) is 6.61 Å². The van der Waals surface area contributed by atoms with Crippen molar-refractivity contribution >= 4 is 28.9 Å². The number of nitrogens with one attached hydrogen (secondary N) is 1. The second kappa shape index (κ2) is 9.16. The number of para-hydroxylation sites is 1. The van der Waals surface area contributed by atoms with Crippen molar-refractivity contribution in [3.63, 3.8) is 0 Å². The molecule has 0 radical (unpaired) electrons. The van der Waals surface area contributed by atoms with Gasteiger partial charge in [-0.25, -0.2) is 4.79 Å². The van der Waals surface area contributed by atoms with Gasteiger partial charge in [-0.1, -0.05) is 39.0 Å². The van der Waals surface area contributed by atoms with Gasteiger partial charge in [0.05, 0.1) is 16.2 Å². The zero-order valence-corrected chi connectivity index (χ0v) is 18.0. The van der Waals surface area contributed by atoms with Crippen molar-refractivity contribution in [1.29, 1.82) is 0 Å². The van der Waals surface area contributed by atoms with Gasteiger partial charge in [-0.2, -0.15) is 0 Å². The Morgan fingerprint density at radius 1 is 1.13 bits per heavy atom. The Hall–Kier alpha value is -3.42. The van der Waals surface area contributed by atoms with Gasteiger partial charge >= 0.3 is 5.97 Å². The minimum atomic E-state index is -0.759. The number of anilines is 2. The number of esters is 1. The number of hydrogen-bond acceptors (Lipinski definition) is 6. The number of carbonyl (C=O) groups is 2. The summed E-state index contributed by atoms with van der Waals surface area (Å²) in [6.07, 6.45) is 1.97. The Morgan fingerprint density at radius 3 is 2.45 bits per heavy atom. The average Bonchev–Trinajstić information content (AvgIpc) is 3.26. The normalized spacial score (nSPS) is 13.7. The predicted octanol–water partition coefficient (Wildman–Crippen LogP) is 4.29. The molecule has 8 heteroatoms. The first-order valence-electron chi connectivity index (χ1n) is 10.3. The molecule has 0 unspecified atom stereocenters. The first kappa shape index (κ1) is 22.3. The quantitative estimate of drug-likeness (QED) is 0.421. The molecular formula is C23H27N3O5. The molecule has 0 spiro atoms. The van der Waals surface area contributed by atoms with Crippen LogP contribution in [0.1, 0.15) is 49.5 Å². The topological polar surface area (TPSA) is 102 Å². The van der Waals surface area contributed by atoms with Crippen LogP contribution in [-0.4, -0.2) is 36.5 Å². The van der Waals surface area contributed by atoms with Crippen LogP contribution in [0.25, 0.3) is 0 Å². The van der Waals surface area contributed by atoms with Gasteiger partial charge in [0, 0.05) is 30.9 Å². The molecule has 0 bridgehead atoms. The molecule has 1 aliphatic rings. The molecule has 2 aromatic rings. The average molecular weight is 425 g/mol. The van der Waals surface area contributed by atoms with E-state index in [1.165, 1.54) is 12.1 Å². The zero-order valence-electron chi connectivity index (χ0n) is 18.0. The Bertz CT molecular complexity index is 991. The fourth-order valence-electron chi connectivity index (χ4n) is 3.68. The minimum absolute atomic E-state index is 0.0963. The van der Waals surface area contributed by atoms with Crippen LogP contribution in [0.5, 0.6) is 0 Å². The van der Waals surface area contributed by atoms with Gasteiger partial charge in [0.2, 0.25) is 0 Å². The van der Waals surface area contributed by atoms with Gasteiger partial charge in [-0.05, 0) is 36.0 Å². The molecule has 0 aliphatic carbocycles. The van der Waals surface area contributed by atoms with E-state index in [0.717, 1.165) is 31.5 Å². The third-order valence-corrected chi connectivity index (χ3v) is 5.20. The van der Waals surface area contributed by atoms with E-state index in [0.29, 0.717) is 11.4 Å². The summed E-state index contributed by atoms with van der Waals surface area (Å²) in [4.78, 5) is 37.8. The van der Waals surface area contributed by atoms with Gasteiger partial charge < -0.3 is 15.0 Å².